The molecule has 2 aliphatic heterocycles. The predicted molar refractivity (Wildman–Crippen MR) is 75.9 cm³/mol. The van der Waals surface area contributed by atoms with Crippen LogP contribution >= 0.6 is 0 Å². The fourth-order valence-corrected chi connectivity index (χ4v) is 3.88. The molecule has 1 aliphatic carbocycles. The lowest BCUT2D eigenvalue weighted by Gasteiger charge is -2.39. The van der Waals surface area contributed by atoms with Crippen LogP contribution in [0.1, 0.15) is 39.5 Å². The van der Waals surface area contributed by atoms with Crippen molar-refractivity contribution in [2.75, 3.05) is 13.7 Å². The summed E-state index contributed by atoms with van der Waals surface area (Å²) in [6, 6.07) is 0. The first kappa shape index (κ1) is 15.3. The molecule has 1 spiro atoms. The average Bonchev–Trinajstić information content (AvgIpc) is 3.36. The second-order valence-corrected chi connectivity index (χ2v) is 7.00. The summed E-state index contributed by atoms with van der Waals surface area (Å²) in [5.74, 6) is 0.870. The third-order valence-electron chi connectivity index (χ3n) is 5.20. The van der Waals surface area contributed by atoms with Gasteiger partial charge in [-0.15, -0.1) is 0 Å². The van der Waals surface area contributed by atoms with Gasteiger partial charge in [-0.25, -0.2) is 0 Å². The van der Waals surface area contributed by atoms with Crippen LogP contribution in [0.25, 0.3) is 0 Å². The molecule has 0 radical (unpaired) electrons. The Balaban J connectivity index is 1.67. The van der Waals surface area contributed by atoms with Crippen LogP contribution in [-0.2, 0) is 23.7 Å². The van der Waals surface area contributed by atoms with E-state index in [9.17, 15) is 4.79 Å². The van der Waals surface area contributed by atoms with Crippen molar-refractivity contribution in [1.29, 1.82) is 0 Å². The van der Waals surface area contributed by atoms with Gasteiger partial charge in [0.1, 0.15) is 12.2 Å². The van der Waals surface area contributed by atoms with Gasteiger partial charge in [0.2, 0.25) is 0 Å². The van der Waals surface area contributed by atoms with Crippen LogP contribution < -0.4 is 0 Å². The second-order valence-electron chi connectivity index (χ2n) is 7.00. The van der Waals surface area contributed by atoms with Crippen LogP contribution in [0.3, 0.4) is 0 Å². The molecule has 2 saturated heterocycles. The summed E-state index contributed by atoms with van der Waals surface area (Å²) in [6.07, 6.45) is 4.19. The van der Waals surface area contributed by atoms with Crippen molar-refractivity contribution in [2.45, 2.75) is 69.5 Å². The Bertz CT molecular complexity index is 379. The molecular weight excluding hydrogens is 272 g/mol. The molecule has 0 aromatic rings. The number of carbonyl (C=O) groups excluding carboxylic acids is 1. The molecule has 6 atom stereocenters. The van der Waals surface area contributed by atoms with E-state index in [1.54, 1.807) is 7.11 Å². The highest BCUT2D eigenvalue weighted by molar-refractivity contribution is 5.38. The van der Waals surface area contributed by atoms with E-state index in [0.717, 1.165) is 25.9 Å². The molecule has 3 aliphatic rings. The fourth-order valence-electron chi connectivity index (χ4n) is 3.88. The van der Waals surface area contributed by atoms with E-state index in [1.165, 1.54) is 6.42 Å². The molecule has 0 aromatic heterocycles. The molecule has 5 heteroatoms. The third-order valence-corrected chi connectivity index (χ3v) is 5.20. The van der Waals surface area contributed by atoms with Crippen molar-refractivity contribution < 1.29 is 23.7 Å². The molecule has 21 heavy (non-hydrogen) atoms. The zero-order valence-electron chi connectivity index (χ0n) is 13.1. The number of hydrogen-bond donors (Lipinski definition) is 0. The molecule has 5 nitrogen and oxygen atoms in total. The SMILES string of the molecule is COC1C(OC=O)CC[C@]2(CO2)C1C1O[C@@H]1CCC(C)C. The molecule has 120 valence electrons. The number of ether oxygens (including phenoxy) is 4. The highest BCUT2D eigenvalue weighted by atomic mass is 16.6. The summed E-state index contributed by atoms with van der Waals surface area (Å²) in [5, 5.41) is 0. The second kappa shape index (κ2) is 5.86. The monoisotopic (exact) mass is 298 g/mol. The van der Waals surface area contributed by atoms with Crippen molar-refractivity contribution in [3.8, 4) is 0 Å². The normalized spacial score (nSPS) is 44.9. The van der Waals surface area contributed by atoms with E-state index in [4.69, 9.17) is 18.9 Å². The third kappa shape index (κ3) is 2.96. The van der Waals surface area contributed by atoms with Crippen LogP contribution in [0.15, 0.2) is 0 Å². The summed E-state index contributed by atoms with van der Waals surface area (Å²) in [6.45, 7) is 5.77. The molecule has 2 heterocycles. The Morgan fingerprint density at radius 3 is 2.76 bits per heavy atom. The van der Waals surface area contributed by atoms with Gasteiger partial charge in [-0.05, 0) is 31.6 Å². The summed E-state index contributed by atoms with van der Waals surface area (Å²) < 4.78 is 22.6. The molecule has 0 aromatic carbocycles. The van der Waals surface area contributed by atoms with Gasteiger partial charge in [-0.3, -0.25) is 4.79 Å². The van der Waals surface area contributed by atoms with Crippen LogP contribution in [0, 0.1) is 11.8 Å². The smallest absolute Gasteiger partial charge is 0.293 e. The number of hydrogen-bond acceptors (Lipinski definition) is 5. The molecule has 3 rings (SSSR count). The van der Waals surface area contributed by atoms with Gasteiger partial charge in [-0.1, -0.05) is 13.8 Å². The Kier molecular flexibility index (Phi) is 4.26. The van der Waals surface area contributed by atoms with Crippen LogP contribution in [-0.4, -0.2) is 50.2 Å². The van der Waals surface area contributed by atoms with E-state index in [2.05, 4.69) is 13.8 Å². The first-order valence-electron chi connectivity index (χ1n) is 8.02. The summed E-state index contributed by atoms with van der Waals surface area (Å²) in [4.78, 5) is 10.7. The Hall–Kier alpha value is -0.650. The average molecular weight is 298 g/mol. The van der Waals surface area contributed by atoms with Crippen molar-refractivity contribution in [3.05, 3.63) is 0 Å². The van der Waals surface area contributed by atoms with Crippen molar-refractivity contribution in [2.24, 2.45) is 11.8 Å². The van der Waals surface area contributed by atoms with Crippen molar-refractivity contribution in [3.63, 3.8) is 0 Å². The molecule has 1 saturated carbocycles. The minimum atomic E-state index is -0.178. The molecule has 0 N–H and O–H groups in total. The van der Waals surface area contributed by atoms with Gasteiger partial charge in [0, 0.05) is 13.0 Å². The van der Waals surface area contributed by atoms with E-state index in [-0.39, 0.29) is 29.8 Å². The van der Waals surface area contributed by atoms with E-state index in [1.807, 2.05) is 0 Å². The van der Waals surface area contributed by atoms with Crippen molar-refractivity contribution in [1.82, 2.24) is 0 Å². The maximum absolute atomic E-state index is 10.7. The van der Waals surface area contributed by atoms with Gasteiger partial charge < -0.3 is 18.9 Å². The van der Waals surface area contributed by atoms with Crippen LogP contribution in [0.5, 0.6) is 0 Å². The fraction of sp³-hybridized carbons (Fsp3) is 0.938. The van der Waals surface area contributed by atoms with E-state index >= 15 is 0 Å². The first-order chi connectivity index (χ1) is 10.1. The standard InChI is InChI=1S/C16H26O5/c1-10(2)4-5-12-15(21-12)13-14(18-3)11(19-9-17)6-7-16(13)8-20-16/h9-15H,4-8H2,1-3H3/t11?,12-,13?,14?,15?,16+/m1/s1. The molecule has 4 unspecified atom stereocenters. The topological polar surface area (TPSA) is 60.6 Å². The Morgan fingerprint density at radius 1 is 1.43 bits per heavy atom. The Morgan fingerprint density at radius 2 is 2.19 bits per heavy atom. The highest BCUT2D eigenvalue weighted by Gasteiger charge is 2.66. The number of epoxide rings is 2. The van der Waals surface area contributed by atoms with Gasteiger partial charge in [-0.2, -0.15) is 0 Å². The largest absolute Gasteiger partial charge is 0.462 e. The van der Waals surface area contributed by atoms with Crippen molar-refractivity contribution >= 4 is 6.47 Å². The van der Waals surface area contributed by atoms with Gasteiger partial charge in [0.25, 0.3) is 6.47 Å². The van der Waals surface area contributed by atoms with Gasteiger partial charge in [0.15, 0.2) is 0 Å². The minimum Gasteiger partial charge on any atom is -0.462 e. The summed E-state index contributed by atoms with van der Waals surface area (Å²) in [7, 11) is 1.69. The lowest BCUT2D eigenvalue weighted by molar-refractivity contribution is -0.154. The lowest BCUT2D eigenvalue weighted by Crippen LogP contribution is -2.52. The zero-order chi connectivity index (χ0) is 15.0. The quantitative estimate of drug-likeness (QED) is 0.531. The van der Waals surface area contributed by atoms with Crippen LogP contribution in [0.2, 0.25) is 0 Å². The minimum absolute atomic E-state index is 0.0966. The number of methoxy groups -OCH3 is 1. The Labute approximate surface area is 126 Å². The zero-order valence-corrected chi connectivity index (χ0v) is 13.1. The van der Waals surface area contributed by atoms with E-state index < -0.39 is 0 Å². The van der Waals surface area contributed by atoms with Gasteiger partial charge in [0.05, 0.1) is 24.4 Å². The summed E-state index contributed by atoms with van der Waals surface area (Å²) in [5.41, 5.74) is -0.0966. The van der Waals surface area contributed by atoms with Gasteiger partial charge >= 0.3 is 0 Å². The summed E-state index contributed by atoms with van der Waals surface area (Å²) >= 11 is 0. The molecular formula is C16H26O5. The maximum Gasteiger partial charge on any atom is 0.293 e. The lowest BCUT2D eigenvalue weighted by atomic mass is 9.73. The number of carbonyl (C=O) groups is 1. The molecule has 0 bridgehead atoms. The van der Waals surface area contributed by atoms with Crippen LogP contribution in [0.4, 0.5) is 0 Å². The predicted octanol–water partition coefficient (Wildman–Crippen LogP) is 1.93. The molecule has 3 fully saturated rings. The van der Waals surface area contributed by atoms with E-state index in [0.29, 0.717) is 18.5 Å². The molecule has 0 amide bonds. The maximum atomic E-state index is 10.7. The highest BCUT2D eigenvalue weighted by Crippen LogP contribution is 2.54. The first-order valence-corrected chi connectivity index (χ1v) is 8.02. The number of rotatable bonds is 7.